The third-order valence-corrected chi connectivity index (χ3v) is 2.44. The van der Waals surface area contributed by atoms with Crippen molar-refractivity contribution in [2.75, 3.05) is 6.61 Å². The Morgan fingerprint density at radius 1 is 1.35 bits per heavy atom. The number of benzene rings is 1. The number of pyridine rings is 1. The van der Waals surface area contributed by atoms with Gasteiger partial charge in [0, 0.05) is 23.5 Å². The fraction of sp³-hybridized carbons (Fsp3) is 0.143. The molecule has 1 aromatic carbocycles. The first-order valence-electron chi connectivity index (χ1n) is 5.47. The van der Waals surface area contributed by atoms with E-state index in [9.17, 15) is 4.79 Å². The van der Waals surface area contributed by atoms with Gasteiger partial charge in [0.05, 0.1) is 6.61 Å². The van der Waals surface area contributed by atoms with Gasteiger partial charge < -0.3 is 4.74 Å². The van der Waals surface area contributed by atoms with Crippen molar-refractivity contribution in [1.82, 2.24) is 4.98 Å². The molecule has 17 heavy (non-hydrogen) atoms. The van der Waals surface area contributed by atoms with Crippen LogP contribution in [0.4, 0.5) is 0 Å². The number of carbonyl (C=O) groups excluding carboxylic acids is 1. The van der Waals surface area contributed by atoms with Crippen molar-refractivity contribution < 1.29 is 9.53 Å². The van der Waals surface area contributed by atoms with E-state index < -0.39 is 0 Å². The molecule has 2 aromatic rings. The van der Waals surface area contributed by atoms with Crippen molar-refractivity contribution >= 4 is 6.29 Å². The molecule has 0 atom stereocenters. The van der Waals surface area contributed by atoms with Crippen LogP contribution in [0.25, 0.3) is 11.1 Å². The Labute approximate surface area is 100 Å². The predicted octanol–water partition coefficient (Wildman–Crippen LogP) is 2.96. The highest BCUT2D eigenvalue weighted by Gasteiger charge is 2.06. The second kappa shape index (κ2) is 5.25. The standard InChI is InChI=1S/C14H13NO2/c1-2-17-13-6-5-12(10-16)14(8-13)11-4-3-7-15-9-11/h3-10H,2H2,1H3. The molecule has 1 aromatic heterocycles. The van der Waals surface area contributed by atoms with Gasteiger partial charge in [0.1, 0.15) is 5.75 Å². The Hall–Kier alpha value is -2.16. The Morgan fingerprint density at radius 2 is 2.24 bits per heavy atom. The number of aromatic nitrogens is 1. The number of ether oxygens (including phenoxy) is 1. The van der Waals surface area contributed by atoms with E-state index in [-0.39, 0.29) is 0 Å². The highest BCUT2D eigenvalue weighted by molar-refractivity contribution is 5.87. The van der Waals surface area contributed by atoms with Gasteiger partial charge in [-0.05, 0) is 36.8 Å². The molecule has 0 amide bonds. The monoisotopic (exact) mass is 227 g/mol. The molecule has 0 radical (unpaired) electrons. The summed E-state index contributed by atoms with van der Waals surface area (Å²) in [6.45, 7) is 2.53. The zero-order chi connectivity index (χ0) is 12.1. The Balaban J connectivity index is 2.50. The van der Waals surface area contributed by atoms with Crippen LogP contribution in [0, 0.1) is 0 Å². The molecule has 0 N–H and O–H groups in total. The minimum absolute atomic E-state index is 0.604. The zero-order valence-corrected chi connectivity index (χ0v) is 9.59. The summed E-state index contributed by atoms with van der Waals surface area (Å²) < 4.78 is 5.43. The average Bonchev–Trinajstić information content (AvgIpc) is 2.40. The highest BCUT2D eigenvalue weighted by Crippen LogP contribution is 2.26. The molecule has 0 saturated carbocycles. The number of nitrogens with zero attached hydrogens (tertiary/aromatic N) is 1. The normalized spacial score (nSPS) is 9.94. The van der Waals surface area contributed by atoms with E-state index in [1.165, 1.54) is 0 Å². The summed E-state index contributed by atoms with van der Waals surface area (Å²) in [6.07, 6.45) is 4.28. The molecule has 0 aliphatic heterocycles. The Morgan fingerprint density at radius 3 is 2.88 bits per heavy atom. The minimum Gasteiger partial charge on any atom is -0.494 e. The molecule has 0 spiro atoms. The average molecular weight is 227 g/mol. The van der Waals surface area contributed by atoms with Crippen LogP contribution in [0.2, 0.25) is 0 Å². The molecule has 0 unspecified atom stereocenters. The van der Waals surface area contributed by atoms with E-state index in [0.717, 1.165) is 23.2 Å². The van der Waals surface area contributed by atoms with E-state index in [0.29, 0.717) is 12.2 Å². The second-order valence-corrected chi connectivity index (χ2v) is 3.54. The molecule has 0 bridgehead atoms. The lowest BCUT2D eigenvalue weighted by molar-refractivity contribution is 0.112. The van der Waals surface area contributed by atoms with Gasteiger partial charge in [0.25, 0.3) is 0 Å². The van der Waals surface area contributed by atoms with Crippen LogP contribution in [0.3, 0.4) is 0 Å². The number of aldehydes is 1. The first-order valence-corrected chi connectivity index (χ1v) is 5.47. The molecule has 2 rings (SSSR count). The summed E-state index contributed by atoms with van der Waals surface area (Å²) in [5, 5.41) is 0. The smallest absolute Gasteiger partial charge is 0.150 e. The van der Waals surface area contributed by atoms with E-state index in [4.69, 9.17) is 4.74 Å². The SMILES string of the molecule is CCOc1ccc(C=O)c(-c2cccnc2)c1. The summed E-state index contributed by atoms with van der Waals surface area (Å²) in [5.74, 6) is 0.761. The molecule has 0 aliphatic carbocycles. The number of rotatable bonds is 4. The van der Waals surface area contributed by atoms with E-state index in [1.54, 1.807) is 24.5 Å². The maximum atomic E-state index is 11.0. The van der Waals surface area contributed by atoms with Gasteiger partial charge in [-0.25, -0.2) is 0 Å². The molecule has 3 heteroatoms. The van der Waals surface area contributed by atoms with Gasteiger partial charge in [0.2, 0.25) is 0 Å². The third-order valence-electron chi connectivity index (χ3n) is 2.44. The van der Waals surface area contributed by atoms with Crippen molar-refractivity contribution in [3.8, 4) is 16.9 Å². The summed E-state index contributed by atoms with van der Waals surface area (Å²) >= 11 is 0. The van der Waals surface area contributed by atoms with Gasteiger partial charge in [-0.15, -0.1) is 0 Å². The lowest BCUT2D eigenvalue weighted by Gasteiger charge is -2.08. The van der Waals surface area contributed by atoms with Crippen molar-refractivity contribution in [3.63, 3.8) is 0 Å². The first kappa shape index (κ1) is 11.3. The molecule has 0 fully saturated rings. The van der Waals surface area contributed by atoms with E-state index >= 15 is 0 Å². The van der Waals surface area contributed by atoms with Crippen LogP contribution < -0.4 is 4.74 Å². The van der Waals surface area contributed by atoms with Gasteiger partial charge in [-0.2, -0.15) is 0 Å². The van der Waals surface area contributed by atoms with Crippen LogP contribution in [0.5, 0.6) is 5.75 Å². The van der Waals surface area contributed by atoms with Crippen molar-refractivity contribution in [2.45, 2.75) is 6.92 Å². The summed E-state index contributed by atoms with van der Waals surface area (Å²) in [5.41, 5.74) is 2.40. The number of hydrogen-bond donors (Lipinski definition) is 0. The van der Waals surface area contributed by atoms with Crippen LogP contribution >= 0.6 is 0 Å². The van der Waals surface area contributed by atoms with Gasteiger partial charge in [0.15, 0.2) is 6.29 Å². The second-order valence-electron chi connectivity index (χ2n) is 3.54. The van der Waals surface area contributed by atoms with Gasteiger partial charge >= 0.3 is 0 Å². The molecule has 3 nitrogen and oxygen atoms in total. The lowest BCUT2D eigenvalue weighted by Crippen LogP contribution is -1.94. The minimum atomic E-state index is 0.604. The largest absolute Gasteiger partial charge is 0.494 e. The first-order chi connectivity index (χ1) is 8.35. The summed E-state index contributed by atoms with van der Waals surface area (Å²) in [4.78, 5) is 15.1. The Bertz CT molecular complexity index is 509. The quantitative estimate of drug-likeness (QED) is 0.754. The maximum Gasteiger partial charge on any atom is 0.150 e. The molecule has 1 heterocycles. The van der Waals surface area contributed by atoms with Crippen LogP contribution in [-0.2, 0) is 0 Å². The van der Waals surface area contributed by atoms with Crippen LogP contribution in [0.1, 0.15) is 17.3 Å². The van der Waals surface area contributed by atoms with Crippen LogP contribution in [0.15, 0.2) is 42.7 Å². The topological polar surface area (TPSA) is 39.2 Å². The predicted molar refractivity (Wildman–Crippen MR) is 66.2 cm³/mol. The third kappa shape index (κ3) is 2.50. The van der Waals surface area contributed by atoms with Crippen molar-refractivity contribution in [1.29, 1.82) is 0 Å². The number of hydrogen-bond acceptors (Lipinski definition) is 3. The maximum absolute atomic E-state index is 11.0. The van der Waals surface area contributed by atoms with E-state index in [1.807, 2.05) is 25.1 Å². The van der Waals surface area contributed by atoms with Crippen molar-refractivity contribution in [2.24, 2.45) is 0 Å². The number of carbonyl (C=O) groups is 1. The van der Waals surface area contributed by atoms with E-state index in [2.05, 4.69) is 4.98 Å². The molecular weight excluding hydrogens is 214 g/mol. The Kier molecular flexibility index (Phi) is 3.50. The molecular formula is C14H13NO2. The molecule has 0 aliphatic rings. The molecule has 86 valence electrons. The fourth-order valence-electron chi connectivity index (χ4n) is 1.67. The van der Waals surface area contributed by atoms with Gasteiger partial charge in [-0.1, -0.05) is 6.07 Å². The lowest BCUT2D eigenvalue weighted by atomic mass is 10.0. The van der Waals surface area contributed by atoms with Crippen molar-refractivity contribution in [3.05, 3.63) is 48.3 Å². The highest BCUT2D eigenvalue weighted by atomic mass is 16.5. The summed E-state index contributed by atoms with van der Waals surface area (Å²) in [6, 6.07) is 9.19. The van der Waals surface area contributed by atoms with Gasteiger partial charge in [-0.3, -0.25) is 9.78 Å². The zero-order valence-electron chi connectivity index (χ0n) is 9.59. The van der Waals surface area contributed by atoms with Crippen LogP contribution in [-0.4, -0.2) is 17.9 Å². The molecule has 0 saturated heterocycles. The summed E-state index contributed by atoms with van der Waals surface area (Å²) in [7, 11) is 0. The fourth-order valence-corrected chi connectivity index (χ4v) is 1.67.